The van der Waals surface area contributed by atoms with E-state index in [0.29, 0.717) is 6.61 Å². The Hall–Kier alpha value is 0.0500. The number of rotatable bonds is 7. The van der Waals surface area contributed by atoms with E-state index >= 15 is 0 Å². The molecule has 0 saturated heterocycles. The molecule has 0 aliphatic heterocycles. The molecule has 0 saturated carbocycles. The second-order valence-electron chi connectivity index (χ2n) is 3.71. The zero-order chi connectivity index (χ0) is 11.8. The average Bonchev–Trinajstić information content (AvgIpc) is 2.28. The van der Waals surface area contributed by atoms with E-state index in [1.807, 2.05) is 13.1 Å². The molecule has 0 aliphatic rings. The van der Waals surface area contributed by atoms with Crippen LogP contribution in [-0.4, -0.2) is 20.2 Å². The van der Waals surface area contributed by atoms with Crippen LogP contribution in [0.4, 0.5) is 0 Å². The highest BCUT2D eigenvalue weighted by Crippen LogP contribution is 2.13. The molecule has 0 amide bonds. The van der Waals surface area contributed by atoms with Crippen molar-refractivity contribution in [2.45, 2.75) is 19.4 Å². The molecule has 2 nitrogen and oxygen atoms in total. The zero-order valence-corrected chi connectivity index (χ0v) is 12.4. The van der Waals surface area contributed by atoms with Crippen LogP contribution in [0.3, 0.4) is 0 Å². The lowest BCUT2D eigenvalue weighted by atomic mass is 10.2. The van der Waals surface area contributed by atoms with Gasteiger partial charge in [0.1, 0.15) is 0 Å². The van der Waals surface area contributed by atoms with E-state index in [-0.39, 0.29) is 0 Å². The molecule has 1 rings (SSSR count). The third-order valence-electron chi connectivity index (χ3n) is 2.33. The lowest BCUT2D eigenvalue weighted by molar-refractivity contribution is 0.118. The topological polar surface area (TPSA) is 21.3 Å². The fourth-order valence-electron chi connectivity index (χ4n) is 1.39. The predicted octanol–water partition coefficient (Wildman–Crippen LogP) is 2.47. The number of ether oxygens (including phenoxy) is 1. The molecule has 16 heavy (non-hydrogen) atoms. The summed E-state index contributed by atoms with van der Waals surface area (Å²) >= 11 is 3.47. The third kappa shape index (κ3) is 5.40. The molecule has 1 N–H and O–H groups in total. The first kappa shape index (κ1) is 14.1. The monoisotopic (exact) mass is 303 g/mol. The normalized spacial score (nSPS) is 10.7. The number of benzene rings is 1. The molecule has 1 aromatic carbocycles. The van der Waals surface area contributed by atoms with Gasteiger partial charge in [-0.05, 0) is 49.4 Å². The molecule has 1 atom stereocenters. The molecule has 0 fully saturated rings. The van der Waals surface area contributed by atoms with Crippen LogP contribution < -0.4 is 10.6 Å². The lowest BCUT2D eigenvalue weighted by Crippen LogP contribution is -2.09. The van der Waals surface area contributed by atoms with Crippen LogP contribution in [-0.2, 0) is 11.3 Å². The maximum atomic E-state index is 5.64. The van der Waals surface area contributed by atoms with Crippen LogP contribution in [0.2, 0.25) is 0 Å². The summed E-state index contributed by atoms with van der Waals surface area (Å²) in [7, 11) is 4.71. The highest BCUT2D eigenvalue weighted by Gasteiger charge is 1.99. The summed E-state index contributed by atoms with van der Waals surface area (Å²) in [6.45, 7) is 2.59. The predicted molar refractivity (Wildman–Crippen MR) is 76.3 cm³/mol. The Morgan fingerprint density at radius 1 is 1.38 bits per heavy atom. The second kappa shape index (κ2) is 8.19. The van der Waals surface area contributed by atoms with Crippen molar-refractivity contribution in [1.29, 1.82) is 0 Å². The minimum Gasteiger partial charge on any atom is -0.377 e. The van der Waals surface area contributed by atoms with E-state index in [2.05, 4.69) is 42.6 Å². The molecule has 1 unspecified atom stereocenters. The van der Waals surface area contributed by atoms with Gasteiger partial charge in [0.15, 0.2) is 0 Å². The lowest BCUT2D eigenvalue weighted by Gasteiger charge is -2.07. The minimum absolute atomic E-state index is 0.692. The summed E-state index contributed by atoms with van der Waals surface area (Å²) < 4.78 is 6.74. The van der Waals surface area contributed by atoms with Crippen molar-refractivity contribution in [3.05, 3.63) is 28.2 Å². The molecule has 0 aromatic heterocycles. The van der Waals surface area contributed by atoms with Crippen molar-refractivity contribution in [1.82, 2.24) is 5.32 Å². The van der Waals surface area contributed by atoms with Crippen LogP contribution in [0.5, 0.6) is 0 Å². The molecule has 0 aliphatic carbocycles. The Kier molecular flexibility index (Phi) is 7.22. The Bertz CT molecular complexity index is 320. The van der Waals surface area contributed by atoms with Crippen molar-refractivity contribution in [2.24, 2.45) is 0 Å². The minimum atomic E-state index is 0.692. The number of hydrogen-bond acceptors (Lipinski definition) is 2. The Balaban J connectivity index is 2.23. The van der Waals surface area contributed by atoms with Gasteiger partial charge < -0.3 is 10.1 Å². The molecule has 0 bridgehead atoms. The summed E-state index contributed by atoms with van der Waals surface area (Å²) in [4.78, 5) is 0. The van der Waals surface area contributed by atoms with E-state index in [4.69, 9.17) is 4.74 Å². The van der Waals surface area contributed by atoms with E-state index < -0.39 is 0 Å². The average molecular weight is 304 g/mol. The van der Waals surface area contributed by atoms with Gasteiger partial charge in [0.05, 0.1) is 6.61 Å². The fraction of sp³-hybridized carbons (Fsp3) is 0.500. The van der Waals surface area contributed by atoms with Crippen molar-refractivity contribution in [2.75, 3.05) is 20.2 Å². The van der Waals surface area contributed by atoms with Gasteiger partial charge in [-0.2, -0.15) is 0 Å². The molecular formula is C12H19BrNOP. The van der Waals surface area contributed by atoms with E-state index in [9.17, 15) is 0 Å². The summed E-state index contributed by atoms with van der Waals surface area (Å²) in [5.74, 6) is 0. The van der Waals surface area contributed by atoms with Gasteiger partial charge in [-0.3, -0.25) is 0 Å². The van der Waals surface area contributed by atoms with E-state index in [1.54, 1.807) is 0 Å². The van der Waals surface area contributed by atoms with E-state index in [0.717, 1.165) is 24.0 Å². The first-order valence-electron chi connectivity index (χ1n) is 5.50. The van der Waals surface area contributed by atoms with Crippen molar-refractivity contribution >= 4 is 30.5 Å². The maximum absolute atomic E-state index is 5.64. The van der Waals surface area contributed by atoms with Gasteiger partial charge in [-0.25, -0.2) is 0 Å². The standard InChI is InChI=1S/C12H19BrNOP/c1-14-6-2-3-7-15-9-10-8-11(13)4-5-12(10)16/h4-5,8,14H,2-3,6-7,9,16H2,1H3. The maximum Gasteiger partial charge on any atom is 0.0723 e. The summed E-state index contributed by atoms with van der Waals surface area (Å²) in [6, 6.07) is 6.23. The Morgan fingerprint density at radius 3 is 2.94 bits per heavy atom. The number of unbranched alkanes of at least 4 members (excludes halogenated alkanes) is 1. The van der Waals surface area contributed by atoms with Crippen LogP contribution in [0.25, 0.3) is 0 Å². The van der Waals surface area contributed by atoms with Gasteiger partial charge in [0.2, 0.25) is 0 Å². The van der Waals surface area contributed by atoms with Crippen molar-refractivity contribution in [3.63, 3.8) is 0 Å². The largest absolute Gasteiger partial charge is 0.377 e. The second-order valence-corrected chi connectivity index (χ2v) is 5.24. The molecule has 0 heterocycles. The van der Waals surface area contributed by atoms with Crippen molar-refractivity contribution < 1.29 is 4.74 Å². The highest BCUT2D eigenvalue weighted by atomic mass is 79.9. The van der Waals surface area contributed by atoms with Crippen LogP contribution in [0, 0.1) is 0 Å². The first-order valence-corrected chi connectivity index (χ1v) is 6.87. The van der Waals surface area contributed by atoms with Crippen LogP contribution in [0.15, 0.2) is 22.7 Å². The summed E-state index contributed by atoms with van der Waals surface area (Å²) in [5, 5.41) is 4.33. The fourth-order valence-corrected chi connectivity index (χ4v) is 2.06. The molecule has 4 heteroatoms. The van der Waals surface area contributed by atoms with Crippen LogP contribution in [0.1, 0.15) is 18.4 Å². The van der Waals surface area contributed by atoms with E-state index in [1.165, 1.54) is 17.3 Å². The van der Waals surface area contributed by atoms with Gasteiger partial charge in [0, 0.05) is 11.1 Å². The molecule has 90 valence electrons. The highest BCUT2D eigenvalue weighted by molar-refractivity contribution is 9.10. The van der Waals surface area contributed by atoms with Crippen molar-refractivity contribution in [3.8, 4) is 0 Å². The van der Waals surface area contributed by atoms with Gasteiger partial charge in [-0.1, -0.05) is 22.0 Å². The van der Waals surface area contributed by atoms with Crippen LogP contribution >= 0.6 is 25.2 Å². The number of nitrogens with one attached hydrogen (secondary N) is 1. The first-order chi connectivity index (χ1) is 7.74. The van der Waals surface area contributed by atoms with Gasteiger partial charge in [0.25, 0.3) is 0 Å². The van der Waals surface area contributed by atoms with Gasteiger partial charge >= 0.3 is 0 Å². The quantitative estimate of drug-likeness (QED) is 0.617. The summed E-state index contributed by atoms with van der Waals surface area (Å²) in [6.07, 6.45) is 2.28. The molecule has 0 spiro atoms. The molecule has 1 aromatic rings. The molecule has 0 radical (unpaired) electrons. The Morgan fingerprint density at radius 2 is 2.19 bits per heavy atom. The third-order valence-corrected chi connectivity index (χ3v) is 3.38. The zero-order valence-electron chi connectivity index (χ0n) is 9.63. The number of hydrogen-bond donors (Lipinski definition) is 1. The summed E-state index contributed by atoms with van der Waals surface area (Å²) in [5.41, 5.74) is 1.23. The van der Waals surface area contributed by atoms with Gasteiger partial charge in [-0.15, -0.1) is 9.24 Å². The SMILES string of the molecule is CNCCCCOCc1cc(Br)ccc1P. The number of halogens is 1. The smallest absolute Gasteiger partial charge is 0.0723 e. The molecular weight excluding hydrogens is 285 g/mol. The Labute approximate surface area is 108 Å².